The molecule has 1 aromatic carbocycles. The standard InChI is InChI=1S/C16H25BrN2O2/c1-4-7-18-11-15-16(19(2)8-9-21-15)12-5-6-14(20-3)13(17)10-12/h5-6,10,15-16,18H,4,7-9,11H2,1-3H3. The summed E-state index contributed by atoms with van der Waals surface area (Å²) in [5.74, 6) is 0.860. The van der Waals surface area contributed by atoms with Crippen molar-refractivity contribution in [2.45, 2.75) is 25.5 Å². The second-order valence-corrected chi connectivity index (χ2v) is 6.29. The van der Waals surface area contributed by atoms with Gasteiger partial charge in [0.2, 0.25) is 0 Å². The number of nitrogens with one attached hydrogen (secondary N) is 1. The Morgan fingerprint density at radius 1 is 1.48 bits per heavy atom. The highest BCUT2D eigenvalue weighted by Crippen LogP contribution is 2.33. The minimum atomic E-state index is 0.176. The Bertz CT molecular complexity index is 456. The highest BCUT2D eigenvalue weighted by molar-refractivity contribution is 9.10. The summed E-state index contributed by atoms with van der Waals surface area (Å²) in [6.45, 7) is 5.84. The summed E-state index contributed by atoms with van der Waals surface area (Å²) >= 11 is 3.58. The maximum atomic E-state index is 6.01. The van der Waals surface area contributed by atoms with Crippen LogP contribution in [0, 0.1) is 0 Å². The summed E-state index contributed by atoms with van der Waals surface area (Å²) in [7, 11) is 3.85. The molecule has 5 heteroatoms. The van der Waals surface area contributed by atoms with Crippen molar-refractivity contribution in [3.05, 3.63) is 28.2 Å². The van der Waals surface area contributed by atoms with Gasteiger partial charge in [-0.3, -0.25) is 4.90 Å². The van der Waals surface area contributed by atoms with Gasteiger partial charge in [0, 0.05) is 13.1 Å². The molecule has 1 aliphatic rings. The number of morpholine rings is 1. The van der Waals surface area contributed by atoms with Crippen molar-refractivity contribution in [2.75, 3.05) is 40.4 Å². The fourth-order valence-electron chi connectivity index (χ4n) is 2.79. The maximum absolute atomic E-state index is 6.01. The van der Waals surface area contributed by atoms with Crippen molar-refractivity contribution < 1.29 is 9.47 Å². The summed E-state index contributed by atoms with van der Waals surface area (Å²) in [5, 5.41) is 3.47. The molecule has 0 radical (unpaired) electrons. The molecule has 1 fully saturated rings. The molecule has 1 heterocycles. The average Bonchev–Trinajstić information content (AvgIpc) is 2.47. The van der Waals surface area contributed by atoms with Crippen molar-refractivity contribution in [3.63, 3.8) is 0 Å². The molecule has 21 heavy (non-hydrogen) atoms. The second kappa shape index (κ2) is 8.13. The van der Waals surface area contributed by atoms with E-state index in [1.54, 1.807) is 7.11 Å². The molecule has 0 spiro atoms. The van der Waals surface area contributed by atoms with Gasteiger partial charge in [0.05, 0.1) is 30.3 Å². The summed E-state index contributed by atoms with van der Waals surface area (Å²) < 4.78 is 12.3. The SMILES string of the molecule is CCCNCC1OCCN(C)C1c1ccc(OC)c(Br)c1. The Morgan fingerprint density at radius 3 is 2.95 bits per heavy atom. The molecule has 1 aliphatic heterocycles. The van der Waals surface area contributed by atoms with Crippen LogP contribution < -0.4 is 10.1 Å². The molecule has 4 nitrogen and oxygen atoms in total. The number of rotatable bonds is 6. The van der Waals surface area contributed by atoms with E-state index in [1.807, 2.05) is 6.07 Å². The molecule has 0 aromatic heterocycles. The summed E-state index contributed by atoms with van der Waals surface area (Å²) in [6.07, 6.45) is 1.32. The monoisotopic (exact) mass is 356 g/mol. The number of methoxy groups -OCH3 is 1. The van der Waals surface area contributed by atoms with Crippen molar-refractivity contribution in [1.82, 2.24) is 10.2 Å². The number of ether oxygens (including phenoxy) is 2. The number of nitrogens with zero attached hydrogens (tertiary/aromatic N) is 1. The van der Waals surface area contributed by atoms with Gasteiger partial charge in [-0.05, 0) is 53.6 Å². The van der Waals surface area contributed by atoms with Crippen LogP contribution >= 0.6 is 15.9 Å². The van der Waals surface area contributed by atoms with Crippen LogP contribution in [0.1, 0.15) is 24.9 Å². The van der Waals surface area contributed by atoms with Gasteiger partial charge in [-0.25, -0.2) is 0 Å². The van der Waals surface area contributed by atoms with E-state index in [-0.39, 0.29) is 12.1 Å². The van der Waals surface area contributed by atoms with Crippen LogP contribution in [-0.2, 0) is 4.74 Å². The predicted octanol–water partition coefficient (Wildman–Crippen LogP) is 2.83. The molecule has 0 saturated carbocycles. The first kappa shape index (κ1) is 16.7. The fraction of sp³-hybridized carbons (Fsp3) is 0.625. The minimum absolute atomic E-state index is 0.176. The van der Waals surface area contributed by atoms with Crippen LogP contribution in [-0.4, -0.2) is 51.4 Å². The normalized spacial score (nSPS) is 23.2. The molecule has 2 rings (SSSR count). The minimum Gasteiger partial charge on any atom is -0.496 e. The van der Waals surface area contributed by atoms with Crippen LogP contribution in [0.25, 0.3) is 0 Å². The van der Waals surface area contributed by atoms with Gasteiger partial charge >= 0.3 is 0 Å². The van der Waals surface area contributed by atoms with E-state index in [0.29, 0.717) is 0 Å². The van der Waals surface area contributed by atoms with Crippen LogP contribution in [0.4, 0.5) is 0 Å². The molecule has 1 N–H and O–H groups in total. The van der Waals surface area contributed by atoms with E-state index >= 15 is 0 Å². The molecule has 2 atom stereocenters. The quantitative estimate of drug-likeness (QED) is 0.794. The molecule has 1 aromatic rings. The Labute approximate surface area is 135 Å². The van der Waals surface area contributed by atoms with Crippen LogP contribution in [0.5, 0.6) is 5.75 Å². The lowest BCUT2D eigenvalue weighted by atomic mass is 9.98. The Morgan fingerprint density at radius 2 is 2.29 bits per heavy atom. The topological polar surface area (TPSA) is 33.7 Å². The lowest BCUT2D eigenvalue weighted by Crippen LogP contribution is -2.47. The van der Waals surface area contributed by atoms with Crippen molar-refractivity contribution >= 4 is 15.9 Å². The third kappa shape index (κ3) is 4.19. The molecule has 2 unspecified atom stereocenters. The third-order valence-corrected chi connectivity index (χ3v) is 4.51. The van der Waals surface area contributed by atoms with E-state index in [2.05, 4.69) is 52.3 Å². The molecule has 1 saturated heterocycles. The van der Waals surface area contributed by atoms with Crippen molar-refractivity contribution in [3.8, 4) is 5.75 Å². The van der Waals surface area contributed by atoms with Crippen LogP contribution in [0.2, 0.25) is 0 Å². The zero-order valence-corrected chi connectivity index (χ0v) is 14.6. The molecule has 0 bridgehead atoms. The number of benzene rings is 1. The van der Waals surface area contributed by atoms with Gasteiger partial charge in [-0.15, -0.1) is 0 Å². The van der Waals surface area contributed by atoms with E-state index in [0.717, 1.165) is 42.9 Å². The van der Waals surface area contributed by atoms with E-state index < -0.39 is 0 Å². The Hall–Kier alpha value is -0.620. The molecule has 0 aliphatic carbocycles. The molecule has 118 valence electrons. The number of hydrogen-bond donors (Lipinski definition) is 1. The average molecular weight is 357 g/mol. The van der Waals surface area contributed by atoms with Gasteiger partial charge in [0.1, 0.15) is 5.75 Å². The lowest BCUT2D eigenvalue weighted by Gasteiger charge is -2.39. The Kier molecular flexibility index (Phi) is 6.48. The first-order chi connectivity index (χ1) is 10.2. The zero-order chi connectivity index (χ0) is 15.2. The highest BCUT2D eigenvalue weighted by atomic mass is 79.9. The molecular formula is C16H25BrN2O2. The lowest BCUT2D eigenvalue weighted by molar-refractivity contribution is -0.0613. The number of hydrogen-bond acceptors (Lipinski definition) is 4. The van der Waals surface area contributed by atoms with Crippen molar-refractivity contribution in [1.29, 1.82) is 0 Å². The second-order valence-electron chi connectivity index (χ2n) is 5.43. The van der Waals surface area contributed by atoms with Gasteiger partial charge in [-0.1, -0.05) is 13.0 Å². The highest BCUT2D eigenvalue weighted by Gasteiger charge is 2.31. The Balaban J connectivity index is 2.16. The predicted molar refractivity (Wildman–Crippen MR) is 89.0 cm³/mol. The summed E-state index contributed by atoms with van der Waals surface area (Å²) in [6, 6.07) is 6.55. The van der Waals surface area contributed by atoms with Crippen LogP contribution in [0.3, 0.4) is 0 Å². The van der Waals surface area contributed by atoms with Crippen LogP contribution in [0.15, 0.2) is 22.7 Å². The van der Waals surface area contributed by atoms with Gasteiger partial charge in [-0.2, -0.15) is 0 Å². The van der Waals surface area contributed by atoms with Gasteiger partial charge < -0.3 is 14.8 Å². The van der Waals surface area contributed by atoms with Gasteiger partial charge in [0.15, 0.2) is 0 Å². The van der Waals surface area contributed by atoms with E-state index in [1.165, 1.54) is 5.56 Å². The number of likely N-dealkylation sites (N-methyl/N-ethyl adjacent to an activating group) is 1. The largest absolute Gasteiger partial charge is 0.496 e. The third-order valence-electron chi connectivity index (χ3n) is 3.89. The smallest absolute Gasteiger partial charge is 0.133 e. The molecule has 0 amide bonds. The maximum Gasteiger partial charge on any atom is 0.133 e. The van der Waals surface area contributed by atoms with Crippen molar-refractivity contribution in [2.24, 2.45) is 0 Å². The first-order valence-corrected chi connectivity index (χ1v) is 8.32. The van der Waals surface area contributed by atoms with E-state index in [4.69, 9.17) is 9.47 Å². The fourth-order valence-corrected chi connectivity index (χ4v) is 3.35. The summed E-state index contributed by atoms with van der Waals surface area (Å²) in [4.78, 5) is 2.37. The number of halogens is 1. The first-order valence-electron chi connectivity index (χ1n) is 7.53. The zero-order valence-electron chi connectivity index (χ0n) is 13.1. The van der Waals surface area contributed by atoms with Gasteiger partial charge in [0.25, 0.3) is 0 Å². The summed E-state index contributed by atoms with van der Waals surface area (Å²) in [5.41, 5.74) is 1.26. The van der Waals surface area contributed by atoms with E-state index in [9.17, 15) is 0 Å². The molecular weight excluding hydrogens is 332 g/mol.